The van der Waals surface area contributed by atoms with Crippen LogP contribution in [0.25, 0.3) is 0 Å². The van der Waals surface area contributed by atoms with Gasteiger partial charge < -0.3 is 24.4 Å². The minimum absolute atomic E-state index is 0.0573. The van der Waals surface area contributed by atoms with Gasteiger partial charge in [-0.05, 0) is 56.0 Å². The summed E-state index contributed by atoms with van der Waals surface area (Å²) >= 11 is 0. The molecule has 0 bridgehead atoms. The van der Waals surface area contributed by atoms with Gasteiger partial charge in [-0.25, -0.2) is 8.98 Å². The molecule has 0 amide bonds. The highest BCUT2D eigenvalue weighted by Gasteiger charge is 2.67. The average molecular weight is 662 g/mol. The van der Waals surface area contributed by atoms with E-state index in [0.717, 1.165) is 9.98 Å². The zero-order valence-electron chi connectivity index (χ0n) is 27.5. The topological polar surface area (TPSA) is 161 Å². The van der Waals surface area contributed by atoms with Crippen molar-refractivity contribution < 1.29 is 31.3 Å². The van der Waals surface area contributed by atoms with Crippen LogP contribution in [0.3, 0.4) is 0 Å². The summed E-state index contributed by atoms with van der Waals surface area (Å²) in [6.45, 7) is 22.1. The molecule has 1 aromatic rings. The Morgan fingerprint density at radius 1 is 1.05 bits per heavy atom. The van der Waals surface area contributed by atoms with Gasteiger partial charge in [0.05, 0.1) is 17.7 Å². The zero-order chi connectivity index (χ0) is 33.0. The minimum Gasteiger partial charge on any atom is -0.414 e. The lowest BCUT2D eigenvalue weighted by atomic mass is 9.89. The van der Waals surface area contributed by atoms with E-state index >= 15 is 0 Å². The largest absolute Gasteiger partial charge is 0.414 e. The first-order valence-corrected chi connectivity index (χ1v) is 22.0. The molecule has 4 unspecified atom stereocenters. The lowest BCUT2D eigenvalue weighted by Gasteiger charge is -2.43. The third kappa shape index (κ3) is 6.83. The Morgan fingerprint density at radius 3 is 2.12 bits per heavy atom. The number of rotatable bonds is 10. The van der Waals surface area contributed by atoms with Crippen molar-refractivity contribution in [2.75, 3.05) is 13.2 Å². The summed E-state index contributed by atoms with van der Waals surface area (Å²) in [5, 5.41) is 9.67. The maximum Gasteiger partial charge on any atom is 0.333 e. The van der Waals surface area contributed by atoms with E-state index < -0.39 is 62.0 Å². The third-order valence-corrected chi connectivity index (χ3v) is 19.5. The van der Waals surface area contributed by atoms with Gasteiger partial charge in [0.1, 0.15) is 12.2 Å². The molecule has 0 aromatic carbocycles. The number of nitrogens with two attached hydrogens (primary N) is 1. The van der Waals surface area contributed by atoms with E-state index in [-0.39, 0.29) is 41.1 Å². The summed E-state index contributed by atoms with van der Waals surface area (Å²) in [6.07, 6.45) is -1.19. The van der Waals surface area contributed by atoms with Gasteiger partial charge in [0.25, 0.3) is 15.7 Å². The average Bonchev–Trinajstić information content (AvgIpc) is 3.27. The molecule has 246 valence electrons. The van der Waals surface area contributed by atoms with E-state index in [0.29, 0.717) is 12.8 Å². The minimum atomic E-state index is -4.22. The summed E-state index contributed by atoms with van der Waals surface area (Å²) in [5.41, 5.74) is 3.81. The molecule has 1 aromatic heterocycles. The van der Waals surface area contributed by atoms with Gasteiger partial charge in [0, 0.05) is 24.9 Å². The number of unbranched alkanes of at least 4 members (excludes halogenated alkanes) is 1. The third-order valence-electron chi connectivity index (χ3n) is 9.50. The maximum atomic E-state index is 13.9. The predicted octanol–water partition coefficient (Wildman–Crippen LogP) is 3.30. The summed E-state index contributed by atoms with van der Waals surface area (Å²) in [4.78, 5) is 26.9. The van der Waals surface area contributed by atoms with E-state index in [9.17, 15) is 23.1 Å². The highest BCUT2D eigenvalue weighted by molar-refractivity contribution is 7.90. The van der Waals surface area contributed by atoms with Crippen LogP contribution < -0.4 is 17.0 Å². The summed E-state index contributed by atoms with van der Waals surface area (Å²) in [6, 6.07) is 0. The molecule has 4 atom stereocenters. The fraction of sp³-hybridized carbons (Fsp3) is 0.786. The highest BCUT2D eigenvalue weighted by Crippen LogP contribution is 2.52. The van der Waals surface area contributed by atoms with Gasteiger partial charge in [-0.1, -0.05) is 41.5 Å². The standard InChI is InChI=1S/C28H51N3O9SSi2/c1-19-16-31(25(34)30(23(19)33)14-12-13-15-32)24-22(39-43(10,11)27(5,6)7)28(20(29)18-41(35,36)40-28)21(38-24)17-37-42(8,9)26(2,3)4/h16,18,21-22,24,32H,12-15,17,29H2,1-11H3. The quantitative estimate of drug-likeness (QED) is 0.216. The number of hydrogen-bond acceptors (Lipinski definition) is 10. The van der Waals surface area contributed by atoms with E-state index in [1.165, 1.54) is 10.8 Å². The van der Waals surface area contributed by atoms with Gasteiger partial charge in [0.15, 0.2) is 28.5 Å². The Morgan fingerprint density at radius 2 is 1.63 bits per heavy atom. The molecule has 1 fully saturated rings. The second-order valence-electron chi connectivity index (χ2n) is 14.7. The van der Waals surface area contributed by atoms with Gasteiger partial charge in [-0.2, -0.15) is 8.42 Å². The van der Waals surface area contributed by atoms with Crippen molar-refractivity contribution in [3.63, 3.8) is 0 Å². The molecule has 15 heteroatoms. The van der Waals surface area contributed by atoms with Crippen LogP contribution >= 0.6 is 0 Å². The molecule has 3 rings (SSSR count). The molecular weight excluding hydrogens is 611 g/mol. The molecule has 12 nitrogen and oxygen atoms in total. The van der Waals surface area contributed by atoms with Gasteiger partial charge in [-0.3, -0.25) is 13.9 Å². The number of aryl methyl sites for hydroxylation is 1. The molecule has 1 saturated heterocycles. The van der Waals surface area contributed by atoms with E-state index in [2.05, 4.69) is 33.9 Å². The molecule has 2 aliphatic heterocycles. The molecule has 0 saturated carbocycles. The molecule has 2 aliphatic rings. The van der Waals surface area contributed by atoms with Crippen LogP contribution in [0.4, 0.5) is 0 Å². The molecule has 3 N–H and O–H groups in total. The fourth-order valence-corrected chi connectivity index (χ4v) is 8.24. The molecule has 0 aliphatic carbocycles. The molecular formula is C28H51N3O9SSi2. The van der Waals surface area contributed by atoms with Crippen LogP contribution in [0, 0.1) is 6.92 Å². The smallest absolute Gasteiger partial charge is 0.333 e. The Bertz CT molecular complexity index is 1460. The van der Waals surface area contributed by atoms with Crippen molar-refractivity contribution in [1.82, 2.24) is 9.13 Å². The summed E-state index contributed by atoms with van der Waals surface area (Å²) in [5.74, 6) is 0. The fourth-order valence-electron chi connectivity index (χ4n) is 4.73. The van der Waals surface area contributed by atoms with Crippen LogP contribution in [0.1, 0.15) is 66.2 Å². The summed E-state index contributed by atoms with van der Waals surface area (Å²) in [7, 11) is -9.28. The van der Waals surface area contributed by atoms with E-state index in [1.807, 2.05) is 33.9 Å². The number of aliphatic hydroxyl groups is 1. The van der Waals surface area contributed by atoms with Crippen molar-refractivity contribution in [1.29, 1.82) is 0 Å². The van der Waals surface area contributed by atoms with Crippen LogP contribution in [0.5, 0.6) is 0 Å². The van der Waals surface area contributed by atoms with Crippen molar-refractivity contribution in [3.05, 3.63) is 43.7 Å². The number of aromatic nitrogens is 2. The predicted molar refractivity (Wildman–Crippen MR) is 170 cm³/mol. The lowest BCUT2D eigenvalue weighted by molar-refractivity contribution is -0.0567. The van der Waals surface area contributed by atoms with E-state index in [1.54, 1.807) is 6.92 Å². The maximum absolute atomic E-state index is 13.9. The molecule has 0 radical (unpaired) electrons. The van der Waals surface area contributed by atoms with Crippen LogP contribution in [0.2, 0.25) is 36.3 Å². The molecule has 3 heterocycles. The number of nitrogens with zero attached hydrogens (tertiary/aromatic N) is 2. The van der Waals surface area contributed by atoms with Crippen LogP contribution in [-0.2, 0) is 34.4 Å². The first-order chi connectivity index (χ1) is 19.4. The Hall–Kier alpha value is -1.60. The number of aliphatic hydroxyl groups excluding tert-OH is 1. The van der Waals surface area contributed by atoms with Gasteiger partial charge in [-0.15, -0.1) is 0 Å². The SMILES string of the molecule is Cc1cn(C2OC(CO[Si](C)(C)C(C)(C)C)C3(OS(=O)(=O)C=C3N)C2O[Si](C)(C)C(C)(C)C)c(=O)n(CCCCO)c1=O. The first kappa shape index (κ1) is 35.9. The van der Waals surface area contributed by atoms with Gasteiger partial charge in [0.2, 0.25) is 0 Å². The van der Waals surface area contributed by atoms with Crippen LogP contribution in [0.15, 0.2) is 26.9 Å². The second kappa shape index (κ2) is 12.0. The van der Waals surface area contributed by atoms with Gasteiger partial charge >= 0.3 is 5.69 Å². The normalized spacial score (nSPS) is 26.3. The Kier molecular flexibility index (Phi) is 9.98. The monoisotopic (exact) mass is 661 g/mol. The molecule has 43 heavy (non-hydrogen) atoms. The second-order valence-corrected chi connectivity index (χ2v) is 25.7. The highest BCUT2D eigenvalue weighted by atomic mass is 32.2. The van der Waals surface area contributed by atoms with Crippen molar-refractivity contribution in [2.45, 2.75) is 128 Å². The summed E-state index contributed by atoms with van der Waals surface area (Å²) < 4.78 is 54.2. The van der Waals surface area contributed by atoms with Crippen molar-refractivity contribution in [2.24, 2.45) is 5.73 Å². The zero-order valence-corrected chi connectivity index (χ0v) is 30.3. The van der Waals surface area contributed by atoms with Crippen LogP contribution in [-0.4, -0.2) is 70.3 Å². The number of hydrogen-bond donors (Lipinski definition) is 2. The van der Waals surface area contributed by atoms with Crippen molar-refractivity contribution >= 4 is 26.8 Å². The van der Waals surface area contributed by atoms with E-state index in [4.69, 9.17) is 23.5 Å². The lowest BCUT2D eigenvalue weighted by Crippen LogP contribution is -2.59. The molecule has 1 spiro atoms. The Balaban J connectivity index is 2.28. The first-order valence-electron chi connectivity index (χ1n) is 14.8. The Labute approximate surface area is 257 Å². The van der Waals surface area contributed by atoms with Crippen molar-refractivity contribution in [3.8, 4) is 0 Å². The number of ether oxygens (including phenoxy) is 1.